The number of carbonyl (C=O) groups is 1. The molecule has 2 aromatic rings. The third-order valence-electron chi connectivity index (χ3n) is 5.62. The average molecular weight is 428 g/mol. The molecule has 0 N–H and O–H groups in total. The standard InChI is InChI=1S/C22H24N2O7/c1-28-15-8-9-18(19(12-15)29-2)20-21(22(25)23(20)13-17-7-4-10-30-17)31-16-6-3-5-14(11-16)24(26)27/h3,5-6,8-9,11-12,17,20-21H,4,7,10,13H2,1-2H3/t17-,20-,21+/m1/s1. The van der Waals surface area contributed by atoms with Gasteiger partial charge in [-0.3, -0.25) is 14.9 Å². The molecule has 2 fully saturated rings. The summed E-state index contributed by atoms with van der Waals surface area (Å²) < 4.78 is 22.5. The number of amides is 1. The number of β-lactam (4-membered cyclic amide) rings is 1. The number of carbonyl (C=O) groups excluding carboxylic acids is 1. The van der Waals surface area contributed by atoms with Crippen LogP contribution in [0.15, 0.2) is 42.5 Å². The maximum Gasteiger partial charge on any atom is 0.273 e. The van der Waals surface area contributed by atoms with Gasteiger partial charge in [0.05, 0.1) is 31.3 Å². The van der Waals surface area contributed by atoms with Crippen molar-refractivity contribution in [2.75, 3.05) is 27.4 Å². The molecule has 2 heterocycles. The first kappa shape index (κ1) is 20.9. The molecule has 31 heavy (non-hydrogen) atoms. The molecule has 2 aromatic carbocycles. The predicted octanol–water partition coefficient (Wildman–Crippen LogP) is 3.12. The van der Waals surface area contributed by atoms with E-state index < -0.39 is 17.1 Å². The molecule has 3 atom stereocenters. The molecule has 164 valence electrons. The molecule has 0 saturated carbocycles. The summed E-state index contributed by atoms with van der Waals surface area (Å²) in [5.74, 6) is 1.28. The molecular formula is C22H24N2O7. The fraction of sp³-hybridized carbons (Fsp3) is 0.409. The van der Waals surface area contributed by atoms with Crippen molar-refractivity contribution < 1.29 is 28.7 Å². The summed E-state index contributed by atoms with van der Waals surface area (Å²) in [6, 6.07) is 10.8. The van der Waals surface area contributed by atoms with Crippen LogP contribution in [-0.4, -0.2) is 55.3 Å². The highest BCUT2D eigenvalue weighted by atomic mass is 16.6. The minimum absolute atomic E-state index is 0.0190. The van der Waals surface area contributed by atoms with Gasteiger partial charge in [0.2, 0.25) is 6.10 Å². The van der Waals surface area contributed by atoms with Gasteiger partial charge in [-0.05, 0) is 31.0 Å². The van der Waals surface area contributed by atoms with Gasteiger partial charge in [0.15, 0.2) is 0 Å². The first-order valence-corrected chi connectivity index (χ1v) is 10.1. The van der Waals surface area contributed by atoms with Gasteiger partial charge in [-0.15, -0.1) is 0 Å². The zero-order chi connectivity index (χ0) is 22.0. The largest absolute Gasteiger partial charge is 0.497 e. The Balaban J connectivity index is 1.64. The summed E-state index contributed by atoms with van der Waals surface area (Å²) in [5.41, 5.74) is 0.676. The number of nitro groups is 1. The highest BCUT2D eigenvalue weighted by Crippen LogP contribution is 2.43. The maximum atomic E-state index is 13.0. The number of methoxy groups -OCH3 is 2. The Morgan fingerprint density at radius 3 is 2.68 bits per heavy atom. The van der Waals surface area contributed by atoms with E-state index in [2.05, 4.69) is 0 Å². The molecule has 9 nitrogen and oxygen atoms in total. The maximum absolute atomic E-state index is 13.0. The Labute approximate surface area is 179 Å². The van der Waals surface area contributed by atoms with Crippen LogP contribution in [0.25, 0.3) is 0 Å². The lowest BCUT2D eigenvalue weighted by molar-refractivity contribution is -0.385. The van der Waals surface area contributed by atoms with Gasteiger partial charge in [0.25, 0.3) is 11.6 Å². The van der Waals surface area contributed by atoms with Crippen molar-refractivity contribution in [2.45, 2.75) is 31.1 Å². The number of rotatable bonds is 8. The number of nitro benzene ring substituents is 1. The molecule has 1 amide bonds. The van der Waals surface area contributed by atoms with Crippen LogP contribution in [0.1, 0.15) is 24.4 Å². The molecule has 4 rings (SSSR count). The van der Waals surface area contributed by atoms with E-state index in [4.69, 9.17) is 18.9 Å². The fourth-order valence-electron chi connectivity index (χ4n) is 4.05. The second-order valence-electron chi connectivity index (χ2n) is 7.47. The van der Waals surface area contributed by atoms with E-state index in [0.717, 1.165) is 18.4 Å². The van der Waals surface area contributed by atoms with E-state index in [9.17, 15) is 14.9 Å². The minimum Gasteiger partial charge on any atom is -0.497 e. The summed E-state index contributed by atoms with van der Waals surface area (Å²) in [4.78, 5) is 25.3. The molecule has 0 bridgehead atoms. The first-order chi connectivity index (χ1) is 15.0. The quantitative estimate of drug-likeness (QED) is 0.362. The van der Waals surface area contributed by atoms with Crippen LogP contribution >= 0.6 is 0 Å². The monoisotopic (exact) mass is 428 g/mol. The zero-order valence-corrected chi connectivity index (χ0v) is 17.4. The van der Waals surface area contributed by atoms with E-state index in [1.807, 2.05) is 6.07 Å². The lowest BCUT2D eigenvalue weighted by Crippen LogP contribution is -2.62. The van der Waals surface area contributed by atoms with Crippen LogP contribution in [0.4, 0.5) is 5.69 Å². The van der Waals surface area contributed by atoms with Gasteiger partial charge < -0.3 is 23.8 Å². The van der Waals surface area contributed by atoms with E-state index in [1.54, 1.807) is 37.3 Å². The smallest absolute Gasteiger partial charge is 0.273 e. The Morgan fingerprint density at radius 2 is 2.00 bits per heavy atom. The van der Waals surface area contributed by atoms with Gasteiger partial charge in [-0.2, -0.15) is 0 Å². The van der Waals surface area contributed by atoms with Crippen LogP contribution < -0.4 is 14.2 Å². The lowest BCUT2D eigenvalue weighted by Gasteiger charge is -2.47. The summed E-state index contributed by atoms with van der Waals surface area (Å²) in [5, 5.41) is 11.1. The minimum atomic E-state index is -0.828. The Bertz CT molecular complexity index is 974. The highest BCUT2D eigenvalue weighted by molar-refractivity contribution is 5.89. The Hall–Kier alpha value is -3.33. The van der Waals surface area contributed by atoms with Crippen molar-refractivity contribution in [3.8, 4) is 17.2 Å². The van der Waals surface area contributed by atoms with Crippen molar-refractivity contribution in [1.82, 2.24) is 4.90 Å². The van der Waals surface area contributed by atoms with E-state index >= 15 is 0 Å². The van der Waals surface area contributed by atoms with Gasteiger partial charge in [0, 0.05) is 30.8 Å². The number of ether oxygens (including phenoxy) is 4. The van der Waals surface area contributed by atoms with Crippen molar-refractivity contribution in [3.05, 3.63) is 58.1 Å². The van der Waals surface area contributed by atoms with Crippen LogP contribution in [-0.2, 0) is 9.53 Å². The third kappa shape index (κ3) is 4.13. The Morgan fingerprint density at radius 1 is 1.16 bits per heavy atom. The van der Waals surface area contributed by atoms with Crippen molar-refractivity contribution >= 4 is 11.6 Å². The van der Waals surface area contributed by atoms with E-state index in [0.29, 0.717) is 24.7 Å². The summed E-state index contributed by atoms with van der Waals surface area (Å²) in [7, 11) is 3.12. The molecule has 9 heteroatoms. The summed E-state index contributed by atoms with van der Waals surface area (Å²) in [6.07, 6.45) is 1.02. The summed E-state index contributed by atoms with van der Waals surface area (Å²) >= 11 is 0. The van der Waals surface area contributed by atoms with Crippen LogP contribution in [0.3, 0.4) is 0 Å². The average Bonchev–Trinajstić information content (AvgIpc) is 3.31. The molecular weight excluding hydrogens is 404 g/mol. The van der Waals surface area contributed by atoms with Crippen LogP contribution in [0, 0.1) is 10.1 Å². The molecule has 0 unspecified atom stereocenters. The normalized spacial score (nSPS) is 22.7. The number of hydrogen-bond acceptors (Lipinski definition) is 7. The van der Waals surface area contributed by atoms with Gasteiger partial charge in [0.1, 0.15) is 23.3 Å². The number of benzene rings is 2. The van der Waals surface area contributed by atoms with Crippen molar-refractivity contribution in [1.29, 1.82) is 0 Å². The fourth-order valence-corrected chi connectivity index (χ4v) is 4.05. The van der Waals surface area contributed by atoms with Gasteiger partial charge >= 0.3 is 0 Å². The van der Waals surface area contributed by atoms with E-state index in [-0.39, 0.29) is 23.4 Å². The molecule has 2 aliphatic heterocycles. The molecule has 0 radical (unpaired) electrons. The SMILES string of the molecule is COc1ccc([C@@H]2[C@H](Oc3cccc([N+](=O)[O-])c3)C(=O)N2C[C@H]2CCCO2)c(OC)c1. The zero-order valence-electron chi connectivity index (χ0n) is 17.4. The Kier molecular flexibility index (Phi) is 5.94. The molecule has 0 aromatic heterocycles. The predicted molar refractivity (Wildman–Crippen MR) is 110 cm³/mol. The molecule has 0 aliphatic carbocycles. The topological polar surface area (TPSA) is 100 Å². The van der Waals surface area contributed by atoms with Gasteiger partial charge in [-0.25, -0.2) is 0 Å². The van der Waals surface area contributed by atoms with Crippen molar-refractivity contribution in [3.63, 3.8) is 0 Å². The van der Waals surface area contributed by atoms with Gasteiger partial charge in [-0.1, -0.05) is 6.07 Å². The van der Waals surface area contributed by atoms with Crippen LogP contribution in [0.5, 0.6) is 17.2 Å². The summed E-state index contributed by atoms with van der Waals surface area (Å²) in [6.45, 7) is 1.14. The molecule has 2 saturated heterocycles. The number of likely N-dealkylation sites (tertiary alicyclic amines) is 1. The number of non-ortho nitro benzene ring substituents is 1. The lowest BCUT2D eigenvalue weighted by atomic mass is 9.89. The number of hydrogen-bond donors (Lipinski definition) is 0. The molecule has 0 spiro atoms. The highest BCUT2D eigenvalue weighted by Gasteiger charge is 2.52. The van der Waals surface area contributed by atoms with Crippen LogP contribution in [0.2, 0.25) is 0 Å². The molecule has 2 aliphatic rings. The third-order valence-corrected chi connectivity index (χ3v) is 5.62. The van der Waals surface area contributed by atoms with E-state index in [1.165, 1.54) is 18.2 Å². The van der Waals surface area contributed by atoms with Crippen molar-refractivity contribution in [2.24, 2.45) is 0 Å². The first-order valence-electron chi connectivity index (χ1n) is 10.1. The second kappa shape index (κ2) is 8.81. The second-order valence-corrected chi connectivity index (χ2v) is 7.47. The number of nitrogens with zero attached hydrogens (tertiary/aromatic N) is 2.